The zero-order valence-electron chi connectivity index (χ0n) is 14.6. The molecule has 4 heteroatoms. The number of hydrogen-bond donors (Lipinski definition) is 1. The van der Waals surface area contributed by atoms with Gasteiger partial charge in [-0.1, -0.05) is 36.3 Å². The average molecular weight is 314 g/mol. The van der Waals surface area contributed by atoms with Gasteiger partial charge < -0.3 is 9.84 Å². The molecule has 1 aromatic carbocycles. The number of aryl methyl sites for hydroxylation is 3. The molecule has 1 amide bonds. The lowest BCUT2D eigenvalue weighted by Gasteiger charge is -2.20. The maximum atomic E-state index is 12.7. The summed E-state index contributed by atoms with van der Waals surface area (Å²) in [5, 5.41) is 7.11. The smallest absolute Gasteiger partial charge is 0.227 e. The van der Waals surface area contributed by atoms with Crippen LogP contribution >= 0.6 is 0 Å². The minimum Gasteiger partial charge on any atom is -0.361 e. The third-order valence-electron chi connectivity index (χ3n) is 4.34. The molecule has 1 heterocycles. The third kappa shape index (κ3) is 4.01. The van der Waals surface area contributed by atoms with E-state index in [0.717, 1.165) is 29.9 Å². The van der Waals surface area contributed by atoms with E-state index in [4.69, 9.17) is 4.52 Å². The van der Waals surface area contributed by atoms with E-state index in [-0.39, 0.29) is 17.9 Å². The first-order valence-electron chi connectivity index (χ1n) is 8.21. The zero-order chi connectivity index (χ0) is 17.0. The van der Waals surface area contributed by atoms with E-state index in [2.05, 4.69) is 29.5 Å². The number of hydrogen-bond acceptors (Lipinski definition) is 3. The Hall–Kier alpha value is -2.10. The molecule has 4 nitrogen and oxygen atoms in total. The van der Waals surface area contributed by atoms with Crippen molar-refractivity contribution in [1.29, 1.82) is 0 Å². The average Bonchev–Trinajstić information content (AvgIpc) is 2.82. The summed E-state index contributed by atoms with van der Waals surface area (Å²) in [6, 6.07) is 8.37. The Kier molecular flexibility index (Phi) is 5.59. The molecule has 2 aromatic rings. The largest absolute Gasteiger partial charge is 0.361 e. The van der Waals surface area contributed by atoms with Gasteiger partial charge in [-0.3, -0.25) is 4.79 Å². The number of nitrogens with one attached hydrogen (secondary N) is 1. The molecule has 0 aliphatic carbocycles. The van der Waals surface area contributed by atoms with Crippen LogP contribution in [-0.4, -0.2) is 17.1 Å². The number of carbonyl (C=O) groups excluding carboxylic acids is 1. The fraction of sp³-hybridized carbons (Fsp3) is 0.474. The molecule has 1 aromatic heterocycles. The minimum absolute atomic E-state index is 0.0444. The summed E-state index contributed by atoms with van der Waals surface area (Å²) in [6.45, 7) is 9.91. The molecule has 2 rings (SSSR count). The Balaban J connectivity index is 2.06. The maximum absolute atomic E-state index is 12.7. The standard InChI is InChI=1S/C19H26N2O2/c1-6-17(18-14(4)21-23-15(18)5)19(22)20-13(3)11-16-10-8-7-9-12(16)2/h7-10,13,17H,6,11H2,1-5H3,(H,20,22)/t13-,17+/m1/s1. The van der Waals surface area contributed by atoms with E-state index in [9.17, 15) is 4.79 Å². The molecule has 0 saturated heterocycles. The molecule has 0 aliphatic rings. The maximum Gasteiger partial charge on any atom is 0.227 e. The quantitative estimate of drug-likeness (QED) is 0.881. The molecule has 0 spiro atoms. The van der Waals surface area contributed by atoms with Crippen molar-refractivity contribution in [2.45, 2.75) is 59.4 Å². The van der Waals surface area contributed by atoms with Crippen LogP contribution in [0.2, 0.25) is 0 Å². The Morgan fingerprint density at radius 1 is 1.26 bits per heavy atom. The second-order valence-electron chi connectivity index (χ2n) is 6.24. The van der Waals surface area contributed by atoms with Gasteiger partial charge in [0.05, 0.1) is 11.6 Å². The normalized spacial score (nSPS) is 13.6. The molecule has 124 valence electrons. The number of rotatable bonds is 6. The number of benzene rings is 1. The summed E-state index contributed by atoms with van der Waals surface area (Å²) in [4.78, 5) is 12.7. The number of nitrogens with zero attached hydrogens (tertiary/aromatic N) is 1. The fourth-order valence-electron chi connectivity index (χ4n) is 3.07. The molecular formula is C19H26N2O2. The van der Waals surface area contributed by atoms with Gasteiger partial charge in [0.15, 0.2) is 0 Å². The van der Waals surface area contributed by atoms with Gasteiger partial charge in [-0.2, -0.15) is 0 Å². The summed E-state index contributed by atoms with van der Waals surface area (Å²) in [7, 11) is 0. The van der Waals surface area contributed by atoms with Crippen LogP contribution in [0, 0.1) is 20.8 Å². The van der Waals surface area contributed by atoms with Gasteiger partial charge in [0, 0.05) is 11.6 Å². The Bertz CT molecular complexity index is 656. The van der Waals surface area contributed by atoms with Crippen LogP contribution in [0.5, 0.6) is 0 Å². The van der Waals surface area contributed by atoms with Gasteiger partial charge in [-0.15, -0.1) is 0 Å². The molecule has 0 saturated carbocycles. The summed E-state index contributed by atoms with van der Waals surface area (Å²) in [5.41, 5.74) is 4.25. The van der Waals surface area contributed by atoms with Crippen LogP contribution in [0.3, 0.4) is 0 Å². The van der Waals surface area contributed by atoms with Gasteiger partial charge in [-0.25, -0.2) is 0 Å². The second-order valence-corrected chi connectivity index (χ2v) is 6.24. The highest BCUT2D eigenvalue weighted by molar-refractivity contribution is 5.84. The van der Waals surface area contributed by atoms with Gasteiger partial charge in [0.2, 0.25) is 5.91 Å². The van der Waals surface area contributed by atoms with E-state index < -0.39 is 0 Å². The Morgan fingerprint density at radius 2 is 1.96 bits per heavy atom. The van der Waals surface area contributed by atoms with Crippen LogP contribution in [0.1, 0.15) is 54.3 Å². The van der Waals surface area contributed by atoms with Crippen molar-refractivity contribution < 1.29 is 9.32 Å². The first kappa shape index (κ1) is 17.3. The number of aromatic nitrogens is 1. The van der Waals surface area contributed by atoms with Crippen LogP contribution in [0.4, 0.5) is 0 Å². The highest BCUT2D eigenvalue weighted by Crippen LogP contribution is 2.26. The molecule has 0 unspecified atom stereocenters. The molecule has 0 bridgehead atoms. The topological polar surface area (TPSA) is 55.1 Å². The van der Waals surface area contributed by atoms with E-state index in [0.29, 0.717) is 0 Å². The Morgan fingerprint density at radius 3 is 2.52 bits per heavy atom. The van der Waals surface area contributed by atoms with Crippen LogP contribution < -0.4 is 5.32 Å². The zero-order valence-corrected chi connectivity index (χ0v) is 14.6. The minimum atomic E-state index is -0.208. The number of carbonyl (C=O) groups is 1. The van der Waals surface area contributed by atoms with Crippen molar-refractivity contribution in [3.63, 3.8) is 0 Å². The van der Waals surface area contributed by atoms with Gasteiger partial charge >= 0.3 is 0 Å². The van der Waals surface area contributed by atoms with Gasteiger partial charge in [0.1, 0.15) is 5.76 Å². The second kappa shape index (κ2) is 7.44. The molecule has 0 aliphatic heterocycles. The highest BCUT2D eigenvalue weighted by Gasteiger charge is 2.26. The van der Waals surface area contributed by atoms with Gasteiger partial charge in [-0.05, 0) is 51.7 Å². The molecule has 23 heavy (non-hydrogen) atoms. The van der Waals surface area contributed by atoms with E-state index in [1.165, 1.54) is 11.1 Å². The lowest BCUT2D eigenvalue weighted by Crippen LogP contribution is -2.37. The molecule has 0 radical (unpaired) electrons. The van der Waals surface area contributed by atoms with Gasteiger partial charge in [0.25, 0.3) is 0 Å². The lowest BCUT2D eigenvalue weighted by molar-refractivity contribution is -0.123. The SMILES string of the molecule is CC[C@H](C(=O)N[C@H](C)Cc1ccccc1C)c1c(C)noc1C. The number of amides is 1. The monoisotopic (exact) mass is 314 g/mol. The molecular weight excluding hydrogens is 288 g/mol. The first-order valence-corrected chi connectivity index (χ1v) is 8.21. The predicted molar refractivity (Wildman–Crippen MR) is 91.5 cm³/mol. The van der Waals surface area contributed by atoms with Crippen molar-refractivity contribution in [2.24, 2.45) is 0 Å². The van der Waals surface area contributed by atoms with Crippen LogP contribution in [0.15, 0.2) is 28.8 Å². The van der Waals surface area contributed by atoms with Crippen LogP contribution in [-0.2, 0) is 11.2 Å². The molecule has 1 N–H and O–H groups in total. The van der Waals surface area contributed by atoms with Crippen molar-refractivity contribution in [2.75, 3.05) is 0 Å². The van der Waals surface area contributed by atoms with Crippen molar-refractivity contribution >= 4 is 5.91 Å². The highest BCUT2D eigenvalue weighted by atomic mass is 16.5. The molecule has 2 atom stereocenters. The van der Waals surface area contributed by atoms with Crippen molar-refractivity contribution in [1.82, 2.24) is 10.5 Å². The predicted octanol–water partition coefficient (Wildman–Crippen LogP) is 3.84. The summed E-state index contributed by atoms with van der Waals surface area (Å²) >= 11 is 0. The summed E-state index contributed by atoms with van der Waals surface area (Å²) < 4.78 is 5.21. The van der Waals surface area contributed by atoms with Crippen LogP contribution in [0.25, 0.3) is 0 Å². The summed E-state index contributed by atoms with van der Waals surface area (Å²) in [6.07, 6.45) is 1.56. The lowest BCUT2D eigenvalue weighted by atomic mass is 9.93. The van der Waals surface area contributed by atoms with E-state index in [1.54, 1.807) is 0 Å². The Labute approximate surface area is 138 Å². The van der Waals surface area contributed by atoms with E-state index in [1.807, 2.05) is 39.8 Å². The van der Waals surface area contributed by atoms with E-state index >= 15 is 0 Å². The third-order valence-corrected chi connectivity index (χ3v) is 4.34. The molecule has 0 fully saturated rings. The van der Waals surface area contributed by atoms with Crippen molar-refractivity contribution in [3.8, 4) is 0 Å². The fourth-order valence-corrected chi connectivity index (χ4v) is 3.07. The first-order chi connectivity index (χ1) is 10.9. The summed E-state index contributed by atoms with van der Waals surface area (Å²) in [5.74, 6) is 0.569. The van der Waals surface area contributed by atoms with Crippen molar-refractivity contribution in [3.05, 3.63) is 52.4 Å².